The van der Waals surface area contributed by atoms with Crippen molar-refractivity contribution in [2.75, 3.05) is 26.9 Å². The predicted molar refractivity (Wildman–Crippen MR) is 80.2 cm³/mol. The third-order valence-electron chi connectivity index (χ3n) is 4.44. The highest BCUT2D eigenvalue weighted by molar-refractivity contribution is 5.81. The van der Waals surface area contributed by atoms with E-state index in [1.54, 1.807) is 0 Å². The lowest BCUT2D eigenvalue weighted by atomic mass is 9.79. The average Bonchev–Trinajstić information content (AvgIpc) is 2.97. The molecule has 3 unspecified atom stereocenters. The van der Waals surface area contributed by atoms with E-state index in [0.717, 1.165) is 45.5 Å². The molecule has 1 heterocycles. The lowest BCUT2D eigenvalue weighted by molar-refractivity contribution is -0.153. The Morgan fingerprint density at radius 3 is 2.86 bits per heavy atom. The second kappa shape index (κ2) is 7.56. The monoisotopic (exact) mass is 299 g/mol. The molecule has 0 aromatic heterocycles. The summed E-state index contributed by atoms with van der Waals surface area (Å²) in [7, 11) is 1.46. The van der Waals surface area contributed by atoms with Gasteiger partial charge in [-0.3, -0.25) is 10.1 Å². The molecule has 1 saturated heterocycles. The number of ether oxygens (including phenoxy) is 3. The number of carbonyl (C=O) groups is 1. The molecule has 0 bridgehead atoms. The molecule has 5 heteroatoms. The normalized spacial score (nSPS) is 33.3. The first-order valence-electron chi connectivity index (χ1n) is 8.11. The summed E-state index contributed by atoms with van der Waals surface area (Å²) < 4.78 is 16.5. The Hall–Kier alpha value is -0.650. The topological polar surface area (TPSA) is 56.8 Å². The van der Waals surface area contributed by atoms with Crippen molar-refractivity contribution < 1.29 is 19.0 Å². The van der Waals surface area contributed by atoms with Crippen LogP contribution in [0.5, 0.6) is 0 Å². The van der Waals surface area contributed by atoms with Crippen molar-refractivity contribution in [1.82, 2.24) is 5.32 Å². The third-order valence-corrected chi connectivity index (χ3v) is 4.44. The number of esters is 1. The van der Waals surface area contributed by atoms with Crippen molar-refractivity contribution in [1.29, 1.82) is 0 Å². The minimum Gasteiger partial charge on any atom is -0.468 e. The van der Waals surface area contributed by atoms with Gasteiger partial charge in [-0.25, -0.2) is 0 Å². The number of carbonyl (C=O) groups excluding carboxylic acids is 1. The van der Waals surface area contributed by atoms with E-state index in [-0.39, 0.29) is 18.1 Å². The van der Waals surface area contributed by atoms with Crippen LogP contribution in [0.2, 0.25) is 0 Å². The van der Waals surface area contributed by atoms with Gasteiger partial charge in [-0.1, -0.05) is 0 Å². The average molecular weight is 299 g/mol. The fourth-order valence-corrected chi connectivity index (χ4v) is 3.48. The van der Waals surface area contributed by atoms with Crippen LogP contribution in [-0.4, -0.2) is 50.6 Å². The Balaban J connectivity index is 1.93. The second-order valence-electron chi connectivity index (χ2n) is 6.65. The van der Waals surface area contributed by atoms with Gasteiger partial charge in [0.05, 0.1) is 26.4 Å². The lowest BCUT2D eigenvalue weighted by Gasteiger charge is -2.40. The van der Waals surface area contributed by atoms with E-state index in [2.05, 4.69) is 19.2 Å². The molecule has 1 N–H and O–H groups in total. The zero-order valence-corrected chi connectivity index (χ0v) is 13.5. The van der Waals surface area contributed by atoms with Crippen molar-refractivity contribution in [3.63, 3.8) is 0 Å². The standard InChI is InChI=1S/C16H29NO4/c1-12(2)17-16(15(18)19-3)7-4-5-14(9-16)21-11-13-6-8-20-10-13/h12-14,17H,4-11H2,1-3H3. The van der Waals surface area contributed by atoms with Gasteiger partial charge in [0.25, 0.3) is 0 Å². The minimum absolute atomic E-state index is 0.129. The van der Waals surface area contributed by atoms with Gasteiger partial charge in [-0.15, -0.1) is 0 Å². The third kappa shape index (κ3) is 4.41. The summed E-state index contributed by atoms with van der Waals surface area (Å²) in [5.74, 6) is 0.353. The van der Waals surface area contributed by atoms with Gasteiger partial charge >= 0.3 is 5.97 Å². The first kappa shape index (κ1) is 16.7. The molecule has 0 radical (unpaired) electrons. The van der Waals surface area contributed by atoms with E-state index in [4.69, 9.17) is 14.2 Å². The summed E-state index contributed by atoms with van der Waals surface area (Å²) in [5.41, 5.74) is -0.585. The zero-order valence-electron chi connectivity index (χ0n) is 13.5. The van der Waals surface area contributed by atoms with Crippen molar-refractivity contribution in [2.24, 2.45) is 5.92 Å². The van der Waals surface area contributed by atoms with Crippen LogP contribution in [0.4, 0.5) is 0 Å². The number of hydrogen-bond donors (Lipinski definition) is 1. The zero-order chi connectivity index (χ0) is 15.3. The quantitative estimate of drug-likeness (QED) is 0.759. The van der Waals surface area contributed by atoms with Crippen molar-refractivity contribution in [3.8, 4) is 0 Å². The smallest absolute Gasteiger partial charge is 0.326 e. The number of methoxy groups -OCH3 is 1. The summed E-state index contributed by atoms with van der Waals surface area (Å²) in [6.07, 6.45) is 4.74. The number of nitrogens with one attached hydrogen (secondary N) is 1. The maximum atomic E-state index is 12.3. The maximum Gasteiger partial charge on any atom is 0.326 e. The van der Waals surface area contributed by atoms with Crippen LogP contribution in [0.3, 0.4) is 0 Å². The van der Waals surface area contributed by atoms with Gasteiger partial charge in [0.2, 0.25) is 0 Å². The van der Waals surface area contributed by atoms with Crippen LogP contribution in [0.15, 0.2) is 0 Å². The van der Waals surface area contributed by atoms with E-state index in [1.807, 2.05) is 0 Å². The molecular formula is C16H29NO4. The fraction of sp³-hybridized carbons (Fsp3) is 0.938. The first-order chi connectivity index (χ1) is 10.1. The first-order valence-corrected chi connectivity index (χ1v) is 8.11. The Kier molecular flexibility index (Phi) is 6.02. The van der Waals surface area contributed by atoms with Crippen molar-refractivity contribution >= 4 is 5.97 Å². The molecule has 3 atom stereocenters. The molecule has 0 aromatic rings. The summed E-state index contributed by atoms with van der Waals surface area (Å²) in [6, 6.07) is 0.242. The van der Waals surface area contributed by atoms with Crippen LogP contribution in [0, 0.1) is 5.92 Å². The summed E-state index contributed by atoms with van der Waals surface area (Å²) in [4.78, 5) is 12.3. The molecule has 2 fully saturated rings. The minimum atomic E-state index is -0.585. The fourth-order valence-electron chi connectivity index (χ4n) is 3.48. The molecule has 1 saturated carbocycles. The molecule has 2 aliphatic rings. The summed E-state index contributed by atoms with van der Waals surface area (Å²) in [5, 5.41) is 3.42. The highest BCUT2D eigenvalue weighted by atomic mass is 16.5. The van der Waals surface area contributed by atoms with Gasteiger partial charge in [-0.2, -0.15) is 0 Å². The van der Waals surface area contributed by atoms with Crippen LogP contribution in [0.25, 0.3) is 0 Å². The predicted octanol–water partition coefficient (Wildman–Crippen LogP) is 1.89. The summed E-state index contributed by atoms with van der Waals surface area (Å²) >= 11 is 0. The molecular weight excluding hydrogens is 270 g/mol. The van der Waals surface area contributed by atoms with Gasteiger partial charge in [0.15, 0.2) is 0 Å². The van der Waals surface area contributed by atoms with E-state index in [0.29, 0.717) is 12.3 Å². The van der Waals surface area contributed by atoms with E-state index >= 15 is 0 Å². The van der Waals surface area contributed by atoms with E-state index in [9.17, 15) is 4.79 Å². The maximum absolute atomic E-state index is 12.3. The van der Waals surface area contributed by atoms with Crippen molar-refractivity contribution in [2.45, 2.75) is 63.6 Å². The van der Waals surface area contributed by atoms with E-state index < -0.39 is 5.54 Å². The molecule has 21 heavy (non-hydrogen) atoms. The molecule has 0 aromatic carbocycles. The molecule has 1 aliphatic heterocycles. The van der Waals surface area contributed by atoms with Gasteiger partial charge in [0, 0.05) is 25.0 Å². The van der Waals surface area contributed by atoms with Crippen LogP contribution >= 0.6 is 0 Å². The Bertz CT molecular complexity index is 341. The Morgan fingerprint density at radius 1 is 1.43 bits per heavy atom. The summed E-state index contributed by atoms with van der Waals surface area (Å²) in [6.45, 7) is 6.51. The molecule has 122 valence electrons. The Morgan fingerprint density at radius 2 is 2.24 bits per heavy atom. The highest BCUT2D eigenvalue weighted by Crippen LogP contribution is 2.32. The molecule has 0 spiro atoms. The van der Waals surface area contributed by atoms with Gasteiger partial charge < -0.3 is 14.2 Å². The van der Waals surface area contributed by atoms with Crippen LogP contribution < -0.4 is 5.32 Å². The van der Waals surface area contributed by atoms with Crippen LogP contribution in [-0.2, 0) is 19.0 Å². The highest BCUT2D eigenvalue weighted by Gasteiger charge is 2.44. The van der Waals surface area contributed by atoms with Crippen LogP contribution in [0.1, 0.15) is 46.0 Å². The molecule has 5 nitrogen and oxygen atoms in total. The molecule has 2 rings (SSSR count). The Labute approximate surface area is 127 Å². The largest absolute Gasteiger partial charge is 0.468 e. The second-order valence-corrected chi connectivity index (χ2v) is 6.65. The SMILES string of the molecule is COC(=O)C1(NC(C)C)CCCC(OCC2CCOC2)C1. The number of hydrogen-bond acceptors (Lipinski definition) is 5. The lowest BCUT2D eigenvalue weighted by Crippen LogP contribution is -2.58. The van der Waals surface area contributed by atoms with Gasteiger partial charge in [0.1, 0.15) is 5.54 Å². The van der Waals surface area contributed by atoms with Gasteiger partial charge in [-0.05, 0) is 39.5 Å². The van der Waals surface area contributed by atoms with E-state index in [1.165, 1.54) is 7.11 Å². The molecule has 0 amide bonds. The number of rotatable bonds is 6. The molecule has 1 aliphatic carbocycles. The van der Waals surface area contributed by atoms with Crippen molar-refractivity contribution in [3.05, 3.63) is 0 Å².